The molecule has 1 atom stereocenters. The molecule has 37 heavy (non-hydrogen) atoms. The molecule has 7 nitrogen and oxygen atoms in total. The topological polar surface area (TPSA) is 88.1 Å². The molecule has 4 rings (SSSR count). The quantitative estimate of drug-likeness (QED) is 0.402. The van der Waals surface area contributed by atoms with Crippen molar-refractivity contribution in [2.75, 3.05) is 19.0 Å². The number of thioether (sulfide) groups is 1. The molecule has 2 amide bonds. The third kappa shape index (κ3) is 6.96. The summed E-state index contributed by atoms with van der Waals surface area (Å²) in [5.41, 5.74) is 2.30. The molecule has 0 unspecified atom stereocenters. The molecule has 1 aliphatic rings. The highest BCUT2D eigenvalue weighted by Gasteiger charge is 2.35. The van der Waals surface area contributed by atoms with E-state index in [4.69, 9.17) is 11.6 Å². The van der Waals surface area contributed by atoms with E-state index in [9.17, 15) is 18.8 Å². The second-order valence-electron chi connectivity index (χ2n) is 8.16. The molecule has 3 aromatic carbocycles. The van der Waals surface area contributed by atoms with Crippen LogP contribution in [0.4, 0.5) is 15.8 Å². The number of amides is 2. The summed E-state index contributed by atoms with van der Waals surface area (Å²) in [7, 11) is 1.29. The van der Waals surface area contributed by atoms with Crippen molar-refractivity contribution in [1.82, 2.24) is 4.90 Å². The number of ether oxygens (including phenoxy) is 1. The van der Waals surface area contributed by atoms with Gasteiger partial charge >= 0.3 is 5.97 Å². The lowest BCUT2D eigenvalue weighted by Crippen LogP contribution is -2.46. The Labute approximate surface area is 222 Å². The SMILES string of the molecule is COC(=O)c1ccc(NC(=O)[C@H]2CC(=O)N(CCc3ccc(Cl)cc3)C(=Nc3ccc(F)cc3)S2)cc1. The molecule has 0 radical (unpaired) electrons. The van der Waals surface area contributed by atoms with Gasteiger partial charge in [-0.1, -0.05) is 35.5 Å². The molecule has 3 aromatic rings. The summed E-state index contributed by atoms with van der Waals surface area (Å²) >= 11 is 7.14. The van der Waals surface area contributed by atoms with Crippen molar-refractivity contribution >= 4 is 57.7 Å². The van der Waals surface area contributed by atoms with Crippen molar-refractivity contribution < 1.29 is 23.5 Å². The average molecular weight is 540 g/mol. The molecule has 1 saturated heterocycles. The molecule has 1 aliphatic heterocycles. The van der Waals surface area contributed by atoms with Gasteiger partial charge in [-0.25, -0.2) is 14.2 Å². The summed E-state index contributed by atoms with van der Waals surface area (Å²) in [6, 6.07) is 19.2. The monoisotopic (exact) mass is 539 g/mol. The lowest BCUT2D eigenvalue weighted by Gasteiger charge is -2.32. The second kappa shape index (κ2) is 12.0. The fraction of sp³-hybridized carbons (Fsp3) is 0.185. The molecule has 0 bridgehead atoms. The van der Waals surface area contributed by atoms with Gasteiger partial charge < -0.3 is 10.1 Å². The van der Waals surface area contributed by atoms with E-state index >= 15 is 0 Å². The van der Waals surface area contributed by atoms with Crippen LogP contribution in [0, 0.1) is 5.82 Å². The number of halogens is 2. The Morgan fingerprint density at radius 1 is 1.08 bits per heavy atom. The molecule has 1 fully saturated rings. The zero-order valence-corrected chi connectivity index (χ0v) is 21.4. The highest BCUT2D eigenvalue weighted by Crippen LogP contribution is 2.30. The number of hydrogen-bond acceptors (Lipinski definition) is 6. The van der Waals surface area contributed by atoms with Gasteiger partial charge in [0.25, 0.3) is 0 Å². The first-order valence-electron chi connectivity index (χ1n) is 11.4. The number of nitrogens with zero attached hydrogens (tertiary/aromatic N) is 2. The number of aliphatic imine (C=N–C) groups is 1. The molecule has 10 heteroatoms. The van der Waals surface area contributed by atoms with E-state index in [0.29, 0.717) is 40.1 Å². The fourth-order valence-corrected chi connectivity index (χ4v) is 4.86. The Morgan fingerprint density at radius 3 is 2.41 bits per heavy atom. The normalized spacial score (nSPS) is 16.5. The van der Waals surface area contributed by atoms with Crippen LogP contribution in [0.3, 0.4) is 0 Å². The maximum absolute atomic E-state index is 13.4. The number of esters is 1. The van der Waals surface area contributed by atoms with Crippen molar-refractivity contribution in [1.29, 1.82) is 0 Å². The summed E-state index contributed by atoms with van der Waals surface area (Å²) < 4.78 is 18.1. The highest BCUT2D eigenvalue weighted by molar-refractivity contribution is 8.15. The van der Waals surface area contributed by atoms with Crippen LogP contribution < -0.4 is 5.32 Å². The first kappa shape index (κ1) is 26.4. The minimum atomic E-state index is -0.723. The summed E-state index contributed by atoms with van der Waals surface area (Å²) in [6.07, 6.45) is 0.551. The standard InChI is InChI=1S/C27H23ClFN3O4S/c1-36-26(35)18-4-10-21(11-5-18)30-25(34)23-16-24(33)32(15-14-17-2-6-19(28)7-3-17)27(37-23)31-22-12-8-20(29)9-13-22/h2-13,23H,14-16H2,1H3,(H,30,34)/t23-/m1/s1. The van der Waals surface area contributed by atoms with Crippen LogP contribution in [-0.2, 0) is 20.7 Å². The number of carbonyl (C=O) groups excluding carboxylic acids is 3. The van der Waals surface area contributed by atoms with Crippen molar-refractivity contribution in [2.24, 2.45) is 4.99 Å². The summed E-state index contributed by atoms with van der Waals surface area (Å²) in [5.74, 6) is -1.49. The van der Waals surface area contributed by atoms with Crippen LogP contribution in [-0.4, -0.2) is 46.8 Å². The maximum Gasteiger partial charge on any atom is 0.337 e. The van der Waals surface area contributed by atoms with E-state index in [2.05, 4.69) is 15.0 Å². The number of anilines is 1. The fourth-order valence-electron chi connectivity index (χ4n) is 3.61. The molecular weight excluding hydrogens is 517 g/mol. The number of amidine groups is 1. The molecule has 0 aromatic heterocycles. The molecular formula is C27H23ClFN3O4S. The van der Waals surface area contributed by atoms with E-state index in [-0.39, 0.29) is 18.2 Å². The average Bonchev–Trinajstić information content (AvgIpc) is 2.90. The first-order valence-corrected chi connectivity index (χ1v) is 12.6. The predicted molar refractivity (Wildman–Crippen MR) is 143 cm³/mol. The lowest BCUT2D eigenvalue weighted by atomic mass is 10.1. The Hall–Kier alpha value is -3.69. The largest absolute Gasteiger partial charge is 0.465 e. The number of carbonyl (C=O) groups is 3. The molecule has 0 saturated carbocycles. The van der Waals surface area contributed by atoms with Crippen molar-refractivity contribution in [3.05, 3.63) is 94.8 Å². The van der Waals surface area contributed by atoms with Gasteiger partial charge in [0.15, 0.2) is 5.17 Å². The maximum atomic E-state index is 13.4. The van der Waals surface area contributed by atoms with E-state index < -0.39 is 17.0 Å². The van der Waals surface area contributed by atoms with Crippen LogP contribution >= 0.6 is 23.4 Å². The van der Waals surface area contributed by atoms with Crippen LogP contribution in [0.2, 0.25) is 5.02 Å². The van der Waals surface area contributed by atoms with Crippen LogP contribution in [0.25, 0.3) is 0 Å². The zero-order valence-electron chi connectivity index (χ0n) is 19.8. The Bertz CT molecular complexity index is 1310. The Morgan fingerprint density at radius 2 is 1.76 bits per heavy atom. The number of nitrogens with one attached hydrogen (secondary N) is 1. The Balaban J connectivity index is 1.51. The van der Waals surface area contributed by atoms with Crippen LogP contribution in [0.5, 0.6) is 0 Å². The molecule has 1 N–H and O–H groups in total. The minimum absolute atomic E-state index is 0.0141. The van der Waals surface area contributed by atoms with Crippen molar-refractivity contribution in [3.63, 3.8) is 0 Å². The first-order chi connectivity index (χ1) is 17.8. The minimum Gasteiger partial charge on any atom is -0.465 e. The predicted octanol–water partition coefficient (Wildman–Crippen LogP) is 5.47. The van der Waals surface area contributed by atoms with Crippen molar-refractivity contribution in [3.8, 4) is 0 Å². The van der Waals surface area contributed by atoms with E-state index in [1.165, 1.54) is 43.1 Å². The molecule has 0 aliphatic carbocycles. The van der Waals surface area contributed by atoms with Gasteiger partial charge in [-0.2, -0.15) is 0 Å². The lowest BCUT2D eigenvalue weighted by molar-refractivity contribution is -0.129. The summed E-state index contributed by atoms with van der Waals surface area (Å²) in [4.78, 5) is 43.9. The van der Waals surface area contributed by atoms with Gasteiger partial charge in [0, 0.05) is 23.7 Å². The van der Waals surface area contributed by atoms with E-state index in [1.807, 2.05) is 12.1 Å². The van der Waals surface area contributed by atoms with Gasteiger partial charge in [0.1, 0.15) is 11.1 Å². The smallest absolute Gasteiger partial charge is 0.337 e. The zero-order chi connectivity index (χ0) is 26.4. The van der Waals surface area contributed by atoms with Gasteiger partial charge in [0.05, 0.1) is 18.4 Å². The number of rotatable bonds is 7. The highest BCUT2D eigenvalue weighted by atomic mass is 35.5. The Kier molecular flexibility index (Phi) is 8.58. The van der Waals surface area contributed by atoms with E-state index in [1.54, 1.807) is 41.3 Å². The number of methoxy groups -OCH3 is 1. The summed E-state index contributed by atoms with van der Waals surface area (Å²) in [6.45, 7) is 0.358. The van der Waals surface area contributed by atoms with Gasteiger partial charge in [-0.05, 0) is 72.6 Å². The van der Waals surface area contributed by atoms with Crippen molar-refractivity contribution in [2.45, 2.75) is 18.1 Å². The third-order valence-electron chi connectivity index (χ3n) is 5.59. The van der Waals surface area contributed by atoms with Crippen LogP contribution in [0.15, 0.2) is 77.8 Å². The second-order valence-corrected chi connectivity index (χ2v) is 9.77. The van der Waals surface area contributed by atoms with Crippen LogP contribution in [0.1, 0.15) is 22.3 Å². The number of benzene rings is 3. The third-order valence-corrected chi connectivity index (χ3v) is 7.03. The van der Waals surface area contributed by atoms with Gasteiger partial charge in [-0.3, -0.25) is 14.5 Å². The van der Waals surface area contributed by atoms with Gasteiger partial charge in [0.2, 0.25) is 11.8 Å². The molecule has 190 valence electrons. The summed E-state index contributed by atoms with van der Waals surface area (Å²) in [5, 5.41) is 3.05. The van der Waals surface area contributed by atoms with E-state index in [0.717, 1.165) is 5.56 Å². The number of hydrogen-bond donors (Lipinski definition) is 1. The molecule has 0 spiro atoms. The van der Waals surface area contributed by atoms with Gasteiger partial charge in [-0.15, -0.1) is 0 Å². The molecule has 1 heterocycles.